The van der Waals surface area contributed by atoms with Gasteiger partial charge in [0.25, 0.3) is 0 Å². The van der Waals surface area contributed by atoms with E-state index in [9.17, 15) is 4.79 Å². The van der Waals surface area contributed by atoms with Crippen molar-refractivity contribution in [3.05, 3.63) is 24.5 Å². The lowest BCUT2D eigenvalue weighted by molar-refractivity contribution is -0.116. The molecule has 1 amide bonds. The number of anilines is 1. The second-order valence-electron chi connectivity index (χ2n) is 3.62. The second kappa shape index (κ2) is 5.80. The third-order valence-electron chi connectivity index (χ3n) is 2.38. The molecule has 0 bridgehead atoms. The maximum absolute atomic E-state index is 11.8. The Labute approximate surface area is 109 Å². The maximum Gasteiger partial charge on any atom is 0.246 e. The maximum atomic E-state index is 11.8. The molecule has 2 rings (SSSR count). The Morgan fingerprint density at radius 2 is 2.21 bits per heavy atom. The van der Waals surface area contributed by atoms with Crippen LogP contribution in [0.5, 0.6) is 11.5 Å². The fourth-order valence-electron chi connectivity index (χ4n) is 1.50. The van der Waals surface area contributed by atoms with Crippen LogP contribution < -0.4 is 14.8 Å². The summed E-state index contributed by atoms with van der Waals surface area (Å²) < 4.78 is 11.6. The van der Waals surface area contributed by atoms with Crippen LogP contribution in [0.15, 0.2) is 24.5 Å². The highest BCUT2D eigenvalue weighted by atomic mass is 16.5. The fourth-order valence-corrected chi connectivity index (χ4v) is 1.50. The largest absolute Gasteiger partial charge is 0.497 e. The number of benzene rings is 1. The van der Waals surface area contributed by atoms with Gasteiger partial charge in [-0.2, -0.15) is 0 Å². The lowest BCUT2D eigenvalue weighted by atomic mass is 10.2. The molecule has 100 valence electrons. The molecule has 0 saturated heterocycles. The Balaban J connectivity index is 2.10. The minimum Gasteiger partial charge on any atom is -0.497 e. The summed E-state index contributed by atoms with van der Waals surface area (Å²) in [7, 11) is 3.08. The molecule has 0 atom stereocenters. The fraction of sp³-hybridized carbons (Fsp3) is 0.273. The summed E-state index contributed by atoms with van der Waals surface area (Å²) in [5.74, 6) is 0.906. The van der Waals surface area contributed by atoms with E-state index in [-0.39, 0.29) is 12.5 Å². The van der Waals surface area contributed by atoms with E-state index in [2.05, 4.69) is 20.8 Å². The number of carbonyl (C=O) groups is 1. The molecule has 2 aromatic rings. The quantitative estimate of drug-likeness (QED) is 0.835. The number of rotatable bonds is 5. The zero-order chi connectivity index (χ0) is 13.7. The van der Waals surface area contributed by atoms with Crippen LogP contribution in [0.2, 0.25) is 0 Å². The minimum atomic E-state index is -0.265. The SMILES string of the molecule is COc1ccc(OC)c(NC(=O)Cn2cnnn2)c1. The van der Waals surface area contributed by atoms with Crippen molar-refractivity contribution in [2.24, 2.45) is 0 Å². The van der Waals surface area contributed by atoms with E-state index in [1.54, 1.807) is 25.3 Å². The first kappa shape index (κ1) is 12.8. The number of tetrazole rings is 1. The standard InChI is InChI=1S/C11H13N5O3/c1-18-8-3-4-10(19-2)9(5-8)13-11(17)6-16-7-12-14-15-16/h3-5,7H,6H2,1-2H3,(H,13,17). The van der Waals surface area contributed by atoms with E-state index in [1.807, 2.05) is 0 Å². The zero-order valence-electron chi connectivity index (χ0n) is 10.5. The summed E-state index contributed by atoms with van der Waals surface area (Å²) >= 11 is 0. The predicted octanol–water partition coefficient (Wildman–Crippen LogP) is 0.329. The molecule has 0 fully saturated rings. The molecule has 0 aliphatic heterocycles. The van der Waals surface area contributed by atoms with E-state index in [0.717, 1.165) is 0 Å². The van der Waals surface area contributed by atoms with Gasteiger partial charge >= 0.3 is 0 Å². The number of nitrogens with one attached hydrogen (secondary N) is 1. The normalized spacial score (nSPS) is 10.0. The van der Waals surface area contributed by atoms with Crippen LogP contribution in [0.4, 0.5) is 5.69 Å². The number of amides is 1. The number of hydrogen-bond acceptors (Lipinski definition) is 6. The van der Waals surface area contributed by atoms with Crippen LogP contribution >= 0.6 is 0 Å². The molecule has 0 aliphatic carbocycles. The Kier molecular flexibility index (Phi) is 3.91. The third-order valence-corrected chi connectivity index (χ3v) is 2.38. The molecule has 0 spiro atoms. The van der Waals surface area contributed by atoms with Crippen LogP contribution in [0.25, 0.3) is 0 Å². The van der Waals surface area contributed by atoms with Crippen LogP contribution in [-0.4, -0.2) is 40.3 Å². The zero-order valence-corrected chi connectivity index (χ0v) is 10.5. The monoisotopic (exact) mass is 263 g/mol. The summed E-state index contributed by atoms with van der Waals surface area (Å²) in [6.07, 6.45) is 1.36. The van der Waals surface area contributed by atoms with Gasteiger partial charge < -0.3 is 14.8 Å². The summed E-state index contributed by atoms with van der Waals surface area (Å²) in [5.41, 5.74) is 0.528. The van der Waals surface area contributed by atoms with Gasteiger partial charge in [-0.05, 0) is 22.6 Å². The van der Waals surface area contributed by atoms with Crippen molar-refractivity contribution in [3.8, 4) is 11.5 Å². The van der Waals surface area contributed by atoms with Crippen molar-refractivity contribution in [3.63, 3.8) is 0 Å². The molecule has 8 nitrogen and oxygen atoms in total. The van der Waals surface area contributed by atoms with Gasteiger partial charge in [-0.1, -0.05) is 0 Å². The first-order chi connectivity index (χ1) is 9.22. The average Bonchev–Trinajstić information content (AvgIpc) is 2.91. The first-order valence-electron chi connectivity index (χ1n) is 5.45. The summed E-state index contributed by atoms with van der Waals surface area (Å²) in [4.78, 5) is 11.8. The van der Waals surface area contributed by atoms with Crippen LogP contribution in [0, 0.1) is 0 Å². The highest BCUT2D eigenvalue weighted by Gasteiger charge is 2.10. The number of carbonyl (C=O) groups excluding carboxylic acids is 1. The van der Waals surface area contributed by atoms with Crippen molar-refractivity contribution in [2.75, 3.05) is 19.5 Å². The van der Waals surface area contributed by atoms with Gasteiger partial charge in [-0.25, -0.2) is 4.68 Å². The smallest absolute Gasteiger partial charge is 0.246 e. The average molecular weight is 263 g/mol. The van der Waals surface area contributed by atoms with Gasteiger partial charge in [-0.3, -0.25) is 4.79 Å². The molecular weight excluding hydrogens is 250 g/mol. The van der Waals surface area contributed by atoms with Crippen molar-refractivity contribution in [1.29, 1.82) is 0 Å². The van der Waals surface area contributed by atoms with Gasteiger partial charge in [0.1, 0.15) is 24.4 Å². The van der Waals surface area contributed by atoms with Crippen LogP contribution in [-0.2, 0) is 11.3 Å². The van der Waals surface area contributed by atoms with E-state index in [0.29, 0.717) is 17.2 Å². The Bertz CT molecular complexity index is 555. The van der Waals surface area contributed by atoms with E-state index in [4.69, 9.17) is 9.47 Å². The van der Waals surface area contributed by atoms with Gasteiger partial charge in [0.05, 0.1) is 19.9 Å². The van der Waals surface area contributed by atoms with Crippen LogP contribution in [0.1, 0.15) is 0 Å². The summed E-state index contributed by atoms with van der Waals surface area (Å²) in [6, 6.07) is 5.14. The number of aromatic nitrogens is 4. The van der Waals surface area contributed by atoms with Gasteiger partial charge in [-0.15, -0.1) is 5.10 Å². The number of methoxy groups -OCH3 is 2. The van der Waals surface area contributed by atoms with Crippen LogP contribution in [0.3, 0.4) is 0 Å². The lowest BCUT2D eigenvalue weighted by Gasteiger charge is -2.11. The molecule has 0 saturated carbocycles. The third kappa shape index (κ3) is 3.18. The summed E-state index contributed by atoms with van der Waals surface area (Å²) in [6.45, 7) is 0.0212. The topological polar surface area (TPSA) is 91.2 Å². The molecule has 19 heavy (non-hydrogen) atoms. The highest BCUT2D eigenvalue weighted by Crippen LogP contribution is 2.28. The van der Waals surface area contributed by atoms with E-state index >= 15 is 0 Å². The van der Waals surface area contributed by atoms with Gasteiger partial charge in [0, 0.05) is 6.07 Å². The first-order valence-corrected chi connectivity index (χ1v) is 5.45. The molecule has 0 unspecified atom stereocenters. The molecule has 0 radical (unpaired) electrons. The predicted molar refractivity (Wildman–Crippen MR) is 66.0 cm³/mol. The molecule has 1 aromatic heterocycles. The summed E-state index contributed by atoms with van der Waals surface area (Å²) in [5, 5.41) is 13.2. The van der Waals surface area contributed by atoms with Gasteiger partial charge in [0.2, 0.25) is 5.91 Å². The number of ether oxygens (including phenoxy) is 2. The second-order valence-corrected chi connectivity index (χ2v) is 3.62. The molecule has 1 aromatic carbocycles. The van der Waals surface area contributed by atoms with Crippen molar-refractivity contribution >= 4 is 11.6 Å². The Morgan fingerprint density at radius 1 is 1.37 bits per heavy atom. The Morgan fingerprint density at radius 3 is 2.84 bits per heavy atom. The van der Waals surface area contributed by atoms with Gasteiger partial charge in [0.15, 0.2) is 0 Å². The van der Waals surface area contributed by atoms with E-state index in [1.165, 1.54) is 18.1 Å². The molecule has 1 N–H and O–H groups in total. The van der Waals surface area contributed by atoms with Crippen molar-refractivity contribution < 1.29 is 14.3 Å². The van der Waals surface area contributed by atoms with E-state index < -0.39 is 0 Å². The number of nitrogens with zero attached hydrogens (tertiary/aromatic N) is 4. The van der Waals surface area contributed by atoms with Crippen molar-refractivity contribution in [1.82, 2.24) is 20.2 Å². The lowest BCUT2D eigenvalue weighted by Crippen LogP contribution is -2.19. The molecular formula is C11H13N5O3. The minimum absolute atomic E-state index is 0.0212. The Hall–Kier alpha value is -2.64. The molecule has 8 heteroatoms. The molecule has 0 aliphatic rings. The van der Waals surface area contributed by atoms with Crippen molar-refractivity contribution in [2.45, 2.75) is 6.54 Å². The highest BCUT2D eigenvalue weighted by molar-refractivity contribution is 5.92. The number of hydrogen-bond donors (Lipinski definition) is 1. The molecule has 1 heterocycles.